The van der Waals surface area contributed by atoms with Crippen LogP contribution in [0.2, 0.25) is 0 Å². The van der Waals surface area contributed by atoms with Crippen molar-refractivity contribution in [3.05, 3.63) is 66.0 Å². The molecule has 0 atom stereocenters. The van der Waals surface area contributed by atoms with Gasteiger partial charge in [0.25, 0.3) is 5.91 Å². The van der Waals surface area contributed by atoms with E-state index in [1.807, 2.05) is 0 Å². The van der Waals surface area contributed by atoms with Crippen molar-refractivity contribution in [3.8, 4) is 22.8 Å². The molecule has 192 valence electrons. The average Bonchev–Trinajstić information content (AvgIpc) is 2.83. The normalized spacial score (nSPS) is 12.2. The van der Waals surface area contributed by atoms with Crippen molar-refractivity contribution < 1.29 is 40.3 Å². The van der Waals surface area contributed by atoms with Gasteiger partial charge >= 0.3 is 18.0 Å². The Balaban J connectivity index is 1.83. The molecule has 0 aliphatic heterocycles. The fourth-order valence-electron chi connectivity index (χ4n) is 2.99. The van der Waals surface area contributed by atoms with Crippen LogP contribution >= 0.6 is 0 Å². The van der Waals surface area contributed by atoms with Crippen molar-refractivity contribution in [2.24, 2.45) is 0 Å². The molecule has 2 aromatic heterocycles. The number of rotatable bonds is 8. The Kier molecular flexibility index (Phi) is 7.41. The zero-order chi connectivity index (χ0) is 26.7. The summed E-state index contributed by atoms with van der Waals surface area (Å²) in [6, 6.07) is 10.5. The number of hydrogen-bond acceptors (Lipinski definition) is 5. The van der Waals surface area contributed by atoms with Crippen molar-refractivity contribution in [1.29, 1.82) is 0 Å². The highest BCUT2D eigenvalue weighted by Crippen LogP contribution is 2.46. The van der Waals surface area contributed by atoms with Gasteiger partial charge in [-0.2, -0.15) is 30.7 Å². The second-order valence-electron chi connectivity index (χ2n) is 7.58. The van der Waals surface area contributed by atoms with E-state index in [1.165, 1.54) is 23.6 Å². The number of aryl methyl sites for hydroxylation is 1. The monoisotopic (exact) mass is 516 g/mol. The van der Waals surface area contributed by atoms with Gasteiger partial charge in [-0.25, -0.2) is 9.97 Å². The first-order valence-corrected chi connectivity index (χ1v) is 10.2. The number of halogens is 7. The van der Waals surface area contributed by atoms with Crippen LogP contribution in [0, 0.1) is 6.92 Å². The molecule has 36 heavy (non-hydrogen) atoms. The van der Waals surface area contributed by atoms with Crippen LogP contribution in [-0.2, 0) is 0 Å². The zero-order valence-electron chi connectivity index (χ0n) is 18.8. The number of pyridine rings is 2. The third-order valence-electron chi connectivity index (χ3n) is 5.04. The van der Waals surface area contributed by atoms with E-state index in [9.17, 15) is 35.5 Å². The lowest BCUT2D eigenvalue weighted by molar-refractivity contribution is -0.352. The van der Waals surface area contributed by atoms with E-state index in [0.717, 1.165) is 6.07 Å². The number of carbonyl (C=O) groups excluding carboxylic acids is 1. The molecular formula is C23H19F7N4O2. The van der Waals surface area contributed by atoms with E-state index < -0.39 is 30.5 Å². The summed E-state index contributed by atoms with van der Waals surface area (Å²) in [6.45, 7) is -0.619. The lowest BCUT2D eigenvalue weighted by Crippen LogP contribution is -2.56. The number of alkyl halides is 7. The van der Waals surface area contributed by atoms with Gasteiger partial charge in [-0.15, -0.1) is 0 Å². The second kappa shape index (κ2) is 9.99. The van der Waals surface area contributed by atoms with E-state index in [-0.39, 0.29) is 17.2 Å². The van der Waals surface area contributed by atoms with E-state index >= 15 is 0 Å². The number of amides is 1. The predicted octanol–water partition coefficient (Wildman–Crippen LogP) is 5.85. The third kappa shape index (κ3) is 5.50. The molecule has 2 N–H and O–H groups in total. The topological polar surface area (TPSA) is 76.1 Å². The predicted molar refractivity (Wildman–Crippen MR) is 117 cm³/mol. The molecule has 0 bridgehead atoms. The largest absolute Gasteiger partial charge is 0.459 e. The Bertz CT molecular complexity index is 1250. The molecule has 0 spiro atoms. The molecule has 0 unspecified atom stereocenters. The van der Waals surface area contributed by atoms with E-state index in [1.54, 1.807) is 44.4 Å². The quantitative estimate of drug-likeness (QED) is 0.368. The third-order valence-corrected chi connectivity index (χ3v) is 5.04. The zero-order valence-corrected chi connectivity index (χ0v) is 18.8. The lowest BCUT2D eigenvalue weighted by atomic mass is 10.1. The summed E-state index contributed by atoms with van der Waals surface area (Å²) in [6.07, 6.45) is -3.48. The first-order chi connectivity index (χ1) is 16.8. The number of ether oxygens (including phenoxy) is 1. The van der Waals surface area contributed by atoms with E-state index in [0.29, 0.717) is 22.5 Å². The number of aromatic nitrogens is 2. The standard InChI is InChI=1S/C23H19F7N4O2/c1-13-5-6-15(19(35)34-12-21(24,25)22(26,27)23(28,29)30)10-17(13)36-20-16(4-3-8-33-20)14-7-9-32-18(11-14)31-2/h3-11H,12H2,1-2H3,(H,31,32)(H,34,35). The molecule has 3 rings (SSSR count). The molecule has 1 aromatic carbocycles. The Labute approximate surface area is 200 Å². The highest BCUT2D eigenvalue weighted by Gasteiger charge is 2.72. The average molecular weight is 516 g/mol. The molecule has 0 fully saturated rings. The van der Waals surface area contributed by atoms with Gasteiger partial charge in [-0.1, -0.05) is 6.07 Å². The maximum atomic E-state index is 13.5. The molecule has 0 saturated carbocycles. The minimum Gasteiger partial charge on any atom is -0.438 e. The van der Waals surface area contributed by atoms with Crippen molar-refractivity contribution in [3.63, 3.8) is 0 Å². The summed E-state index contributed by atoms with van der Waals surface area (Å²) < 4.78 is 96.0. The van der Waals surface area contributed by atoms with Crippen LogP contribution in [0.4, 0.5) is 36.6 Å². The van der Waals surface area contributed by atoms with Crippen LogP contribution < -0.4 is 15.4 Å². The fourth-order valence-corrected chi connectivity index (χ4v) is 2.99. The van der Waals surface area contributed by atoms with Crippen molar-refractivity contribution in [2.75, 3.05) is 18.9 Å². The smallest absolute Gasteiger partial charge is 0.438 e. The van der Waals surface area contributed by atoms with Crippen LogP contribution in [0.3, 0.4) is 0 Å². The van der Waals surface area contributed by atoms with Crippen LogP contribution in [-0.4, -0.2) is 47.5 Å². The number of nitrogens with one attached hydrogen (secondary N) is 2. The lowest BCUT2D eigenvalue weighted by Gasteiger charge is -2.28. The van der Waals surface area contributed by atoms with Gasteiger partial charge in [0, 0.05) is 30.6 Å². The van der Waals surface area contributed by atoms with Gasteiger partial charge in [-0.05, 0) is 54.4 Å². The van der Waals surface area contributed by atoms with Gasteiger partial charge in [0.05, 0.1) is 6.54 Å². The first kappa shape index (κ1) is 26.7. The summed E-state index contributed by atoms with van der Waals surface area (Å²) in [4.78, 5) is 20.6. The highest BCUT2D eigenvalue weighted by molar-refractivity contribution is 5.94. The van der Waals surface area contributed by atoms with Crippen LogP contribution in [0.5, 0.6) is 11.6 Å². The molecule has 13 heteroatoms. The van der Waals surface area contributed by atoms with Gasteiger partial charge in [-0.3, -0.25) is 4.79 Å². The first-order valence-electron chi connectivity index (χ1n) is 10.2. The Morgan fingerprint density at radius 2 is 1.69 bits per heavy atom. The minimum absolute atomic E-state index is 0.0814. The number of hydrogen-bond donors (Lipinski definition) is 2. The summed E-state index contributed by atoms with van der Waals surface area (Å²) in [7, 11) is 1.69. The summed E-state index contributed by atoms with van der Waals surface area (Å²) in [5.41, 5.74) is 1.44. The number of benzene rings is 1. The Morgan fingerprint density at radius 3 is 2.36 bits per heavy atom. The molecule has 0 saturated heterocycles. The fraction of sp³-hybridized carbons (Fsp3) is 0.261. The van der Waals surface area contributed by atoms with Gasteiger partial charge in [0.2, 0.25) is 5.88 Å². The van der Waals surface area contributed by atoms with E-state index in [2.05, 4.69) is 15.3 Å². The molecule has 6 nitrogen and oxygen atoms in total. The Hall–Kier alpha value is -3.90. The van der Waals surface area contributed by atoms with Crippen LogP contribution in [0.25, 0.3) is 11.1 Å². The van der Waals surface area contributed by atoms with Crippen molar-refractivity contribution in [1.82, 2.24) is 15.3 Å². The summed E-state index contributed by atoms with van der Waals surface area (Å²) in [5, 5.41) is 4.32. The van der Waals surface area contributed by atoms with Gasteiger partial charge in [0.1, 0.15) is 11.6 Å². The van der Waals surface area contributed by atoms with E-state index in [4.69, 9.17) is 4.74 Å². The number of carbonyl (C=O) groups is 1. The molecule has 3 aromatic rings. The summed E-state index contributed by atoms with van der Waals surface area (Å²) >= 11 is 0. The molecule has 0 aliphatic carbocycles. The SMILES string of the molecule is CNc1cc(-c2cccnc2Oc2cc(C(=O)NCC(F)(F)C(F)(F)C(F)(F)F)ccc2C)ccn1. The molecule has 0 aliphatic rings. The van der Waals surface area contributed by atoms with Crippen LogP contribution in [0.15, 0.2) is 54.9 Å². The maximum Gasteiger partial charge on any atom is 0.459 e. The molecule has 2 heterocycles. The number of nitrogens with zero attached hydrogens (tertiary/aromatic N) is 2. The molecular weight excluding hydrogens is 497 g/mol. The maximum absolute atomic E-state index is 13.5. The molecule has 0 radical (unpaired) electrons. The van der Waals surface area contributed by atoms with Gasteiger partial charge in [0.15, 0.2) is 0 Å². The molecule has 1 amide bonds. The summed E-state index contributed by atoms with van der Waals surface area (Å²) in [5.74, 6) is -12.4. The minimum atomic E-state index is -6.49. The van der Waals surface area contributed by atoms with Crippen molar-refractivity contribution >= 4 is 11.7 Å². The second-order valence-corrected chi connectivity index (χ2v) is 7.58. The van der Waals surface area contributed by atoms with Crippen LogP contribution in [0.1, 0.15) is 15.9 Å². The number of anilines is 1. The highest BCUT2D eigenvalue weighted by atomic mass is 19.4. The Morgan fingerprint density at radius 1 is 0.972 bits per heavy atom. The van der Waals surface area contributed by atoms with Gasteiger partial charge < -0.3 is 15.4 Å². The van der Waals surface area contributed by atoms with Crippen molar-refractivity contribution in [2.45, 2.75) is 24.9 Å².